The number of hydrogen-bond acceptors (Lipinski definition) is 6. The molecule has 2 amide bonds. The molecule has 2 saturated heterocycles. The Morgan fingerprint density at radius 2 is 1.69 bits per heavy atom. The molecule has 1 unspecified atom stereocenters. The molecule has 2 aromatic carbocycles. The Balaban J connectivity index is 1.21. The largest absolute Gasteiger partial charge is 0.497 e. The van der Waals surface area contributed by atoms with E-state index in [1.165, 1.54) is 0 Å². The van der Waals surface area contributed by atoms with Crippen molar-refractivity contribution in [2.24, 2.45) is 0 Å². The molecule has 8 nitrogen and oxygen atoms in total. The highest BCUT2D eigenvalue weighted by Gasteiger charge is 2.27. The molecule has 0 N–H and O–H groups in total. The van der Waals surface area contributed by atoms with Gasteiger partial charge in [-0.2, -0.15) is 0 Å². The van der Waals surface area contributed by atoms with E-state index >= 15 is 0 Å². The summed E-state index contributed by atoms with van der Waals surface area (Å²) in [6.07, 6.45) is 1.29. The van der Waals surface area contributed by atoms with Crippen molar-refractivity contribution in [3.05, 3.63) is 60.2 Å². The molecule has 2 aliphatic heterocycles. The van der Waals surface area contributed by atoms with Crippen molar-refractivity contribution in [3.8, 4) is 11.5 Å². The molecule has 2 heterocycles. The minimum atomic E-state index is -0.0361. The van der Waals surface area contributed by atoms with Gasteiger partial charge in [0.1, 0.15) is 11.5 Å². The van der Waals surface area contributed by atoms with Gasteiger partial charge in [0.15, 0.2) is 6.61 Å². The first-order valence-electron chi connectivity index (χ1n) is 12.3. The second-order valence-corrected chi connectivity index (χ2v) is 8.99. The Morgan fingerprint density at radius 1 is 0.886 bits per heavy atom. The number of amides is 2. The maximum Gasteiger partial charge on any atom is 0.260 e. The molecule has 0 saturated carbocycles. The molecule has 35 heavy (non-hydrogen) atoms. The van der Waals surface area contributed by atoms with Crippen molar-refractivity contribution in [2.75, 3.05) is 66.1 Å². The number of nitrogens with zero attached hydrogens (tertiary/aromatic N) is 3. The van der Waals surface area contributed by atoms with Crippen molar-refractivity contribution in [1.82, 2.24) is 14.7 Å². The molecular formula is C27H35N3O5. The van der Waals surface area contributed by atoms with E-state index in [1.807, 2.05) is 64.4 Å². The summed E-state index contributed by atoms with van der Waals surface area (Å²) in [5.41, 5.74) is 0.994. The predicted octanol–water partition coefficient (Wildman–Crippen LogP) is 2.08. The van der Waals surface area contributed by atoms with Gasteiger partial charge in [0.05, 0.1) is 26.2 Å². The highest BCUT2D eigenvalue weighted by molar-refractivity contribution is 5.79. The number of para-hydroxylation sites is 1. The van der Waals surface area contributed by atoms with Gasteiger partial charge in [-0.25, -0.2) is 0 Å². The minimum Gasteiger partial charge on any atom is -0.497 e. The van der Waals surface area contributed by atoms with Crippen molar-refractivity contribution in [1.29, 1.82) is 0 Å². The maximum absolute atomic E-state index is 12.8. The summed E-state index contributed by atoms with van der Waals surface area (Å²) in [7, 11) is 1.64. The summed E-state index contributed by atoms with van der Waals surface area (Å²) in [6, 6.07) is 17.1. The Morgan fingerprint density at radius 3 is 2.46 bits per heavy atom. The summed E-state index contributed by atoms with van der Waals surface area (Å²) in [4.78, 5) is 31.6. The summed E-state index contributed by atoms with van der Waals surface area (Å²) >= 11 is 0. The Hall–Kier alpha value is -3.10. The van der Waals surface area contributed by atoms with Crippen LogP contribution < -0.4 is 9.47 Å². The molecule has 188 valence electrons. The van der Waals surface area contributed by atoms with Gasteiger partial charge in [0.2, 0.25) is 5.91 Å². The topological polar surface area (TPSA) is 71.6 Å². The van der Waals surface area contributed by atoms with E-state index in [2.05, 4.69) is 4.90 Å². The third kappa shape index (κ3) is 7.44. The predicted molar refractivity (Wildman–Crippen MR) is 133 cm³/mol. The van der Waals surface area contributed by atoms with Crippen LogP contribution in [0.3, 0.4) is 0 Å². The molecule has 0 bridgehead atoms. The number of benzene rings is 2. The lowest BCUT2D eigenvalue weighted by atomic mass is 10.1. The molecule has 8 heteroatoms. The fraction of sp³-hybridized carbons (Fsp3) is 0.481. The fourth-order valence-electron chi connectivity index (χ4n) is 4.53. The van der Waals surface area contributed by atoms with Crippen LogP contribution in [-0.4, -0.2) is 98.8 Å². The molecule has 2 aromatic rings. The van der Waals surface area contributed by atoms with Gasteiger partial charge in [-0.15, -0.1) is 0 Å². The second-order valence-electron chi connectivity index (χ2n) is 8.99. The van der Waals surface area contributed by atoms with E-state index in [1.54, 1.807) is 7.11 Å². The molecule has 2 fully saturated rings. The summed E-state index contributed by atoms with van der Waals surface area (Å²) in [5, 5.41) is 0. The molecule has 2 aliphatic rings. The first-order valence-corrected chi connectivity index (χ1v) is 12.3. The van der Waals surface area contributed by atoms with Crippen LogP contribution in [0, 0.1) is 0 Å². The van der Waals surface area contributed by atoms with E-state index in [0.29, 0.717) is 38.4 Å². The first kappa shape index (κ1) is 25.0. The first-order chi connectivity index (χ1) is 17.1. The number of methoxy groups -OCH3 is 1. The zero-order valence-corrected chi connectivity index (χ0v) is 20.4. The zero-order chi connectivity index (χ0) is 24.5. The SMILES string of the molecule is COc1ccc(CC(=O)N2CCCN(CC3CN(C(=O)COc4ccccc4)CCO3)CC2)cc1. The van der Waals surface area contributed by atoms with Crippen LogP contribution in [0.15, 0.2) is 54.6 Å². The number of carbonyl (C=O) groups is 2. The lowest BCUT2D eigenvalue weighted by Crippen LogP contribution is -2.51. The van der Waals surface area contributed by atoms with Gasteiger partial charge >= 0.3 is 0 Å². The molecule has 4 rings (SSSR count). The maximum atomic E-state index is 12.8. The standard InChI is InChI=1S/C27H35N3O5/c1-33-23-10-8-22(9-11-23)18-26(31)29-13-5-12-28(14-15-29)19-25-20-30(16-17-34-25)27(32)21-35-24-6-3-2-4-7-24/h2-4,6-11,25H,5,12-21H2,1H3. The second kappa shape index (κ2) is 12.6. The Bertz CT molecular complexity index is 953. The number of carbonyl (C=O) groups excluding carboxylic acids is 2. The van der Waals surface area contributed by atoms with Crippen LogP contribution in [0.1, 0.15) is 12.0 Å². The highest BCUT2D eigenvalue weighted by Crippen LogP contribution is 2.15. The summed E-state index contributed by atoms with van der Waals surface area (Å²) in [6.45, 7) is 5.65. The van der Waals surface area contributed by atoms with Crippen LogP contribution in [0.25, 0.3) is 0 Å². The molecule has 1 atom stereocenters. The van der Waals surface area contributed by atoms with Crippen molar-refractivity contribution < 1.29 is 23.8 Å². The van der Waals surface area contributed by atoms with E-state index in [9.17, 15) is 9.59 Å². The van der Waals surface area contributed by atoms with E-state index < -0.39 is 0 Å². The average molecular weight is 482 g/mol. The normalized spacial score (nSPS) is 19.2. The van der Waals surface area contributed by atoms with Gasteiger partial charge < -0.3 is 24.0 Å². The smallest absolute Gasteiger partial charge is 0.260 e. The number of rotatable bonds is 8. The number of morpholine rings is 1. The van der Waals surface area contributed by atoms with Gasteiger partial charge in [0.25, 0.3) is 5.91 Å². The minimum absolute atomic E-state index is 0.0201. The number of ether oxygens (including phenoxy) is 3. The van der Waals surface area contributed by atoms with E-state index in [4.69, 9.17) is 14.2 Å². The molecule has 0 aliphatic carbocycles. The van der Waals surface area contributed by atoms with Gasteiger partial charge in [-0.3, -0.25) is 14.5 Å². The van der Waals surface area contributed by atoms with Crippen LogP contribution >= 0.6 is 0 Å². The molecule has 0 spiro atoms. The van der Waals surface area contributed by atoms with Crippen LogP contribution in [0.4, 0.5) is 0 Å². The van der Waals surface area contributed by atoms with Gasteiger partial charge in [0, 0.05) is 39.3 Å². The third-order valence-corrected chi connectivity index (χ3v) is 6.51. The van der Waals surface area contributed by atoms with Crippen molar-refractivity contribution in [3.63, 3.8) is 0 Å². The lowest BCUT2D eigenvalue weighted by Gasteiger charge is -2.35. The van der Waals surface area contributed by atoms with Crippen molar-refractivity contribution >= 4 is 11.8 Å². The Kier molecular flexibility index (Phi) is 8.97. The van der Waals surface area contributed by atoms with Gasteiger partial charge in [-0.05, 0) is 42.8 Å². The highest BCUT2D eigenvalue weighted by atomic mass is 16.5. The van der Waals surface area contributed by atoms with Crippen LogP contribution in [0.2, 0.25) is 0 Å². The third-order valence-electron chi connectivity index (χ3n) is 6.51. The fourth-order valence-corrected chi connectivity index (χ4v) is 4.53. The summed E-state index contributed by atoms with van der Waals surface area (Å²) < 4.78 is 16.8. The average Bonchev–Trinajstić information content (AvgIpc) is 3.14. The monoisotopic (exact) mass is 481 g/mol. The lowest BCUT2D eigenvalue weighted by molar-refractivity contribution is -0.141. The molecule has 0 radical (unpaired) electrons. The van der Waals surface area contributed by atoms with Crippen LogP contribution in [-0.2, 0) is 20.7 Å². The van der Waals surface area contributed by atoms with Crippen LogP contribution in [0.5, 0.6) is 11.5 Å². The molecular weight excluding hydrogens is 446 g/mol. The Labute approximate surface area is 207 Å². The number of hydrogen-bond donors (Lipinski definition) is 0. The van der Waals surface area contributed by atoms with E-state index in [0.717, 1.165) is 43.9 Å². The zero-order valence-electron chi connectivity index (χ0n) is 20.4. The summed E-state index contributed by atoms with van der Waals surface area (Å²) in [5.74, 6) is 1.62. The van der Waals surface area contributed by atoms with E-state index in [-0.39, 0.29) is 24.5 Å². The quantitative estimate of drug-likeness (QED) is 0.575. The molecule has 0 aromatic heterocycles. The van der Waals surface area contributed by atoms with Crippen molar-refractivity contribution in [2.45, 2.75) is 18.9 Å². The van der Waals surface area contributed by atoms with Gasteiger partial charge in [-0.1, -0.05) is 30.3 Å².